The smallest absolute Gasteiger partial charge is 0.338 e. The van der Waals surface area contributed by atoms with Crippen LogP contribution in [0.4, 0.5) is 0 Å². The van der Waals surface area contributed by atoms with Crippen molar-refractivity contribution in [3.8, 4) is 5.75 Å². The number of Topliss-reactive ketones (excluding diaryl/α,β-unsaturated/α-hetero) is 1. The molecule has 2 saturated heterocycles. The molecule has 0 spiro atoms. The van der Waals surface area contributed by atoms with Crippen LogP contribution in [0, 0.1) is 11.3 Å². The molecule has 10 atom stereocenters. The zero-order chi connectivity index (χ0) is 32.1. The third kappa shape index (κ3) is 4.85. The molecule has 4 aliphatic rings. The summed E-state index contributed by atoms with van der Waals surface area (Å²) in [7, 11) is 2.90. The van der Waals surface area contributed by atoms with E-state index in [9.17, 15) is 29.7 Å². The number of aliphatic hydroxyl groups excluding tert-OH is 3. The lowest BCUT2D eigenvalue weighted by atomic mass is 9.41. The highest BCUT2D eigenvalue weighted by Crippen LogP contribution is 2.74. The molecule has 0 aromatic heterocycles. The largest absolute Gasteiger partial charge is 0.497 e. The number of benzene rings is 2. The molecule has 13 heteroatoms. The van der Waals surface area contributed by atoms with Gasteiger partial charge in [0.2, 0.25) is 0 Å². The first kappa shape index (κ1) is 31.5. The molecule has 2 aliphatic heterocycles. The van der Waals surface area contributed by atoms with Gasteiger partial charge < -0.3 is 48.5 Å². The van der Waals surface area contributed by atoms with Gasteiger partial charge in [0.25, 0.3) is 0 Å². The SMILES string of the molecule is COc1ccc(C(=O)OC[C@H]2O[C@@H](O[C@@]34C[C@H]5C(=O)C[C@]3(C)O[C@H](OC)[C@]54COC(=O)c3ccccc3)[C@H](O)[C@@H](O)[C@@H]2O)cc1. The maximum atomic E-state index is 13.3. The Hall–Kier alpha value is -3.43. The molecule has 2 aromatic rings. The molecular formula is C32H36O13. The van der Waals surface area contributed by atoms with E-state index in [1.165, 1.54) is 26.4 Å². The van der Waals surface area contributed by atoms with E-state index < -0.39 is 78.1 Å². The summed E-state index contributed by atoms with van der Waals surface area (Å²) in [5.74, 6) is -1.54. The van der Waals surface area contributed by atoms with Crippen LogP contribution in [0.1, 0.15) is 40.5 Å². The van der Waals surface area contributed by atoms with Gasteiger partial charge in [0.05, 0.1) is 23.7 Å². The first-order valence-corrected chi connectivity index (χ1v) is 14.6. The Morgan fingerprint density at radius 3 is 2.24 bits per heavy atom. The van der Waals surface area contributed by atoms with Crippen LogP contribution in [0.5, 0.6) is 5.75 Å². The van der Waals surface area contributed by atoms with Crippen LogP contribution in [0.25, 0.3) is 0 Å². The summed E-state index contributed by atoms with van der Waals surface area (Å²) in [6.07, 6.45) is -8.84. The maximum Gasteiger partial charge on any atom is 0.338 e. The van der Waals surface area contributed by atoms with Gasteiger partial charge in [-0.1, -0.05) is 18.2 Å². The van der Waals surface area contributed by atoms with E-state index in [-0.39, 0.29) is 30.8 Å². The summed E-state index contributed by atoms with van der Waals surface area (Å²) in [5.41, 5.74) is -3.42. The van der Waals surface area contributed by atoms with Gasteiger partial charge in [-0.25, -0.2) is 9.59 Å². The average molecular weight is 629 g/mol. The summed E-state index contributed by atoms with van der Waals surface area (Å²) in [6, 6.07) is 14.5. The minimum atomic E-state index is -1.73. The van der Waals surface area contributed by atoms with Crippen molar-refractivity contribution < 1.29 is 62.9 Å². The number of hydrogen-bond donors (Lipinski definition) is 3. The summed E-state index contributed by atoms with van der Waals surface area (Å²) >= 11 is 0. The van der Waals surface area contributed by atoms with E-state index in [0.29, 0.717) is 11.3 Å². The number of ketones is 1. The minimum Gasteiger partial charge on any atom is -0.497 e. The monoisotopic (exact) mass is 628 g/mol. The summed E-state index contributed by atoms with van der Waals surface area (Å²) < 4.78 is 40.7. The molecule has 2 aliphatic carbocycles. The summed E-state index contributed by atoms with van der Waals surface area (Å²) in [4.78, 5) is 38.9. The maximum absolute atomic E-state index is 13.3. The number of methoxy groups -OCH3 is 2. The van der Waals surface area contributed by atoms with E-state index in [1.807, 2.05) is 0 Å². The Bertz CT molecular complexity index is 1430. The van der Waals surface area contributed by atoms with Gasteiger partial charge in [-0.2, -0.15) is 0 Å². The van der Waals surface area contributed by atoms with Gasteiger partial charge in [0, 0.05) is 19.4 Å². The standard InChI is InChI=1S/C32H36O13/c1-30-14-21(33)20-13-32(30,31(20,29(40-3)45-30)16-42-27(38)17-7-5-4-6-8-17)44-28-25(36)24(35)23(34)22(43-28)15-41-26(37)18-9-11-19(39-2)12-10-18/h4-12,20,22-25,28-29,34-36H,13-16H2,1-3H3/t20-,22+,23+,24-,25+,28-,29-,30-,31-,32-/m0/s1. The predicted molar refractivity (Wildman–Crippen MR) is 151 cm³/mol. The lowest BCUT2D eigenvalue weighted by molar-refractivity contribution is -0.381. The van der Waals surface area contributed by atoms with Crippen LogP contribution in [0.3, 0.4) is 0 Å². The summed E-state index contributed by atoms with van der Waals surface area (Å²) in [5, 5.41) is 32.5. The van der Waals surface area contributed by atoms with E-state index in [2.05, 4.69) is 0 Å². The zero-order valence-electron chi connectivity index (χ0n) is 25.0. The van der Waals surface area contributed by atoms with Crippen LogP contribution >= 0.6 is 0 Å². The molecule has 4 fully saturated rings. The second kappa shape index (κ2) is 11.7. The number of carbonyl (C=O) groups is 3. The van der Waals surface area contributed by atoms with Crippen molar-refractivity contribution in [3.63, 3.8) is 0 Å². The first-order chi connectivity index (χ1) is 21.5. The number of aliphatic hydroxyl groups is 3. The molecule has 3 N–H and O–H groups in total. The second-order valence-electron chi connectivity index (χ2n) is 12.1. The number of rotatable bonds is 10. The van der Waals surface area contributed by atoms with Gasteiger partial charge in [0.15, 0.2) is 12.6 Å². The summed E-state index contributed by atoms with van der Waals surface area (Å²) in [6.45, 7) is 0.905. The molecule has 6 rings (SSSR count). The Balaban J connectivity index is 1.23. The molecule has 0 amide bonds. The van der Waals surface area contributed by atoms with E-state index in [4.69, 9.17) is 33.2 Å². The average Bonchev–Trinajstić information content (AvgIpc) is 3.13. The predicted octanol–water partition coefficient (Wildman–Crippen LogP) is 1.01. The molecule has 2 saturated carbocycles. The lowest BCUT2D eigenvalue weighted by Gasteiger charge is -2.66. The highest BCUT2D eigenvalue weighted by Gasteiger charge is 2.87. The number of hydrogen-bond acceptors (Lipinski definition) is 13. The van der Waals surface area contributed by atoms with Crippen molar-refractivity contribution in [2.45, 2.75) is 68.0 Å². The third-order valence-corrected chi connectivity index (χ3v) is 9.76. The minimum absolute atomic E-state index is 0.0389. The molecule has 242 valence electrons. The van der Waals surface area contributed by atoms with Crippen molar-refractivity contribution >= 4 is 17.7 Å². The Morgan fingerprint density at radius 1 is 0.911 bits per heavy atom. The normalized spacial score (nSPS) is 38.3. The molecule has 2 bridgehead atoms. The van der Waals surface area contributed by atoms with Crippen LogP contribution in [0.15, 0.2) is 54.6 Å². The molecule has 0 unspecified atom stereocenters. The van der Waals surface area contributed by atoms with Gasteiger partial charge in [-0.15, -0.1) is 0 Å². The molecule has 0 radical (unpaired) electrons. The van der Waals surface area contributed by atoms with E-state index >= 15 is 0 Å². The third-order valence-electron chi connectivity index (χ3n) is 9.76. The van der Waals surface area contributed by atoms with Crippen molar-refractivity contribution in [3.05, 3.63) is 65.7 Å². The fourth-order valence-electron chi connectivity index (χ4n) is 7.34. The second-order valence-corrected chi connectivity index (χ2v) is 12.1. The van der Waals surface area contributed by atoms with Gasteiger partial charge in [-0.3, -0.25) is 4.79 Å². The van der Waals surface area contributed by atoms with Gasteiger partial charge in [-0.05, 0) is 49.7 Å². The highest BCUT2D eigenvalue weighted by atomic mass is 16.8. The highest BCUT2D eigenvalue weighted by molar-refractivity contribution is 5.91. The number of carbonyl (C=O) groups excluding carboxylic acids is 3. The quantitative estimate of drug-likeness (QED) is 0.318. The Labute approximate surface area is 258 Å². The molecule has 2 aromatic carbocycles. The fraction of sp³-hybridized carbons (Fsp3) is 0.531. The Morgan fingerprint density at radius 2 is 1.58 bits per heavy atom. The molecule has 2 heterocycles. The zero-order valence-corrected chi connectivity index (χ0v) is 25.0. The number of ether oxygens (including phenoxy) is 7. The van der Waals surface area contributed by atoms with Crippen molar-refractivity contribution in [2.75, 3.05) is 27.4 Å². The van der Waals surface area contributed by atoms with Crippen molar-refractivity contribution in [1.82, 2.24) is 0 Å². The van der Waals surface area contributed by atoms with Crippen LogP contribution < -0.4 is 4.74 Å². The van der Waals surface area contributed by atoms with Crippen molar-refractivity contribution in [1.29, 1.82) is 0 Å². The van der Waals surface area contributed by atoms with Crippen molar-refractivity contribution in [2.24, 2.45) is 11.3 Å². The van der Waals surface area contributed by atoms with Crippen LogP contribution in [-0.4, -0.2) is 109 Å². The Kier molecular flexibility index (Phi) is 8.23. The van der Waals surface area contributed by atoms with Gasteiger partial charge in [0.1, 0.15) is 60.4 Å². The fourth-order valence-corrected chi connectivity index (χ4v) is 7.34. The van der Waals surface area contributed by atoms with Crippen LogP contribution in [-0.2, 0) is 33.2 Å². The number of fused-ring (bicyclic) bond motifs is 2. The van der Waals surface area contributed by atoms with Gasteiger partial charge >= 0.3 is 11.9 Å². The topological polar surface area (TPSA) is 177 Å². The van der Waals surface area contributed by atoms with E-state index in [1.54, 1.807) is 49.4 Å². The molecule has 45 heavy (non-hydrogen) atoms. The first-order valence-electron chi connectivity index (χ1n) is 14.6. The number of esters is 2. The van der Waals surface area contributed by atoms with E-state index in [0.717, 1.165) is 0 Å². The van der Waals surface area contributed by atoms with Crippen LogP contribution in [0.2, 0.25) is 0 Å². The molecular weight excluding hydrogens is 592 g/mol. The lowest BCUT2D eigenvalue weighted by Crippen LogP contribution is -2.80. The molecule has 13 nitrogen and oxygen atoms in total.